The van der Waals surface area contributed by atoms with E-state index in [2.05, 4.69) is 38.3 Å². The summed E-state index contributed by atoms with van der Waals surface area (Å²) in [5, 5.41) is 16.0. The van der Waals surface area contributed by atoms with Crippen molar-refractivity contribution in [1.29, 1.82) is 0 Å². The summed E-state index contributed by atoms with van der Waals surface area (Å²) in [6.07, 6.45) is 1.38. The van der Waals surface area contributed by atoms with E-state index < -0.39 is 5.60 Å². The van der Waals surface area contributed by atoms with Gasteiger partial charge in [0.25, 0.3) is 0 Å². The Bertz CT molecular complexity index is 312. The molecular formula is C17H36N2O3. The molecule has 0 saturated carbocycles. The zero-order chi connectivity index (χ0) is 17.4. The van der Waals surface area contributed by atoms with Gasteiger partial charge in [-0.3, -0.25) is 0 Å². The van der Waals surface area contributed by atoms with Crippen molar-refractivity contribution in [3.8, 4) is 0 Å². The fraction of sp³-hybridized carbons (Fsp3) is 0.941. The van der Waals surface area contributed by atoms with Crippen LogP contribution in [0.1, 0.15) is 61.3 Å². The van der Waals surface area contributed by atoms with Crippen LogP contribution in [0.15, 0.2) is 0 Å². The average Bonchev–Trinajstić information content (AvgIpc) is 2.41. The Morgan fingerprint density at radius 1 is 1.14 bits per heavy atom. The van der Waals surface area contributed by atoms with Gasteiger partial charge in [0, 0.05) is 18.6 Å². The van der Waals surface area contributed by atoms with E-state index in [1.54, 1.807) is 0 Å². The van der Waals surface area contributed by atoms with Crippen molar-refractivity contribution < 1.29 is 14.6 Å². The molecule has 3 N–H and O–H groups in total. The number of aliphatic hydroxyl groups is 1. The van der Waals surface area contributed by atoms with Gasteiger partial charge in [0.15, 0.2) is 0 Å². The number of aliphatic hydroxyl groups excluding tert-OH is 1. The number of amides is 1. The Kier molecular flexibility index (Phi) is 9.01. The van der Waals surface area contributed by atoms with Gasteiger partial charge in [0.05, 0.1) is 6.61 Å². The molecule has 5 nitrogen and oxygen atoms in total. The molecule has 0 bridgehead atoms. The molecule has 1 atom stereocenters. The topological polar surface area (TPSA) is 70.6 Å². The van der Waals surface area contributed by atoms with Crippen molar-refractivity contribution in [1.82, 2.24) is 10.6 Å². The van der Waals surface area contributed by atoms with Gasteiger partial charge in [0.2, 0.25) is 0 Å². The predicted molar refractivity (Wildman–Crippen MR) is 91.0 cm³/mol. The SMILES string of the molecule is CCC(CC)(CO)NCC(CNC(=O)OC(C)(C)C)C(C)C. The highest BCUT2D eigenvalue weighted by Crippen LogP contribution is 2.17. The van der Waals surface area contributed by atoms with E-state index in [-0.39, 0.29) is 24.2 Å². The first-order valence-electron chi connectivity index (χ1n) is 8.42. The molecule has 0 fully saturated rings. The first-order valence-corrected chi connectivity index (χ1v) is 8.42. The Morgan fingerprint density at radius 2 is 1.68 bits per heavy atom. The minimum Gasteiger partial charge on any atom is -0.444 e. The third-order valence-electron chi connectivity index (χ3n) is 4.25. The van der Waals surface area contributed by atoms with Crippen LogP contribution in [0.4, 0.5) is 4.79 Å². The molecule has 0 aliphatic heterocycles. The van der Waals surface area contributed by atoms with Gasteiger partial charge in [-0.25, -0.2) is 4.79 Å². The van der Waals surface area contributed by atoms with Gasteiger partial charge in [-0.1, -0.05) is 27.7 Å². The lowest BCUT2D eigenvalue weighted by atomic mass is 9.90. The number of carbonyl (C=O) groups is 1. The number of alkyl carbamates (subject to hydrolysis) is 1. The zero-order valence-electron chi connectivity index (χ0n) is 15.5. The number of rotatable bonds is 9. The predicted octanol–water partition coefficient (Wildman–Crippen LogP) is 2.92. The number of hydrogen-bond donors (Lipinski definition) is 3. The van der Waals surface area contributed by atoms with E-state index in [9.17, 15) is 9.90 Å². The van der Waals surface area contributed by atoms with E-state index in [1.165, 1.54) is 0 Å². The number of carbonyl (C=O) groups excluding carboxylic acids is 1. The van der Waals surface area contributed by atoms with Crippen LogP contribution < -0.4 is 10.6 Å². The van der Waals surface area contributed by atoms with E-state index in [0.717, 1.165) is 19.4 Å². The largest absolute Gasteiger partial charge is 0.444 e. The van der Waals surface area contributed by atoms with Crippen LogP contribution in [0.25, 0.3) is 0 Å². The van der Waals surface area contributed by atoms with Gasteiger partial charge in [-0.2, -0.15) is 0 Å². The maximum atomic E-state index is 11.8. The zero-order valence-corrected chi connectivity index (χ0v) is 15.5. The standard InChI is InChI=1S/C17H36N2O3/c1-8-17(9-2,12-20)19-11-14(13(3)4)10-18-15(21)22-16(5,6)7/h13-14,19-20H,8-12H2,1-7H3,(H,18,21). The van der Waals surface area contributed by atoms with Crippen molar-refractivity contribution in [2.24, 2.45) is 11.8 Å². The fourth-order valence-electron chi connectivity index (χ4n) is 2.20. The Balaban J connectivity index is 4.47. The molecule has 22 heavy (non-hydrogen) atoms. The second-order valence-corrected chi connectivity index (χ2v) is 7.41. The van der Waals surface area contributed by atoms with Gasteiger partial charge < -0.3 is 20.5 Å². The summed E-state index contributed by atoms with van der Waals surface area (Å²) in [5.41, 5.74) is -0.703. The maximum absolute atomic E-state index is 11.8. The lowest BCUT2D eigenvalue weighted by molar-refractivity contribution is 0.0512. The first-order chi connectivity index (χ1) is 10.1. The highest BCUT2D eigenvalue weighted by molar-refractivity contribution is 5.67. The van der Waals surface area contributed by atoms with E-state index in [0.29, 0.717) is 12.5 Å². The lowest BCUT2D eigenvalue weighted by Gasteiger charge is -2.34. The quantitative estimate of drug-likeness (QED) is 0.612. The van der Waals surface area contributed by atoms with E-state index in [4.69, 9.17) is 4.74 Å². The molecule has 1 amide bonds. The number of nitrogens with one attached hydrogen (secondary N) is 2. The third kappa shape index (κ3) is 7.99. The molecule has 0 rings (SSSR count). The number of ether oxygens (including phenoxy) is 1. The fourth-order valence-corrected chi connectivity index (χ4v) is 2.20. The summed E-state index contributed by atoms with van der Waals surface area (Å²) >= 11 is 0. The molecule has 0 aliphatic rings. The van der Waals surface area contributed by atoms with Gasteiger partial charge >= 0.3 is 6.09 Å². The third-order valence-corrected chi connectivity index (χ3v) is 4.25. The molecular weight excluding hydrogens is 280 g/mol. The molecule has 1 unspecified atom stereocenters. The van der Waals surface area contributed by atoms with E-state index >= 15 is 0 Å². The Hall–Kier alpha value is -0.810. The summed E-state index contributed by atoms with van der Waals surface area (Å²) in [6.45, 7) is 15.5. The minimum atomic E-state index is -0.480. The van der Waals surface area contributed by atoms with E-state index in [1.807, 2.05) is 20.8 Å². The maximum Gasteiger partial charge on any atom is 0.407 e. The van der Waals surface area contributed by atoms with Crippen molar-refractivity contribution in [2.45, 2.75) is 72.4 Å². The summed E-state index contributed by atoms with van der Waals surface area (Å²) in [5.74, 6) is 0.712. The monoisotopic (exact) mass is 316 g/mol. The van der Waals surface area contributed by atoms with Gasteiger partial charge in [-0.05, 0) is 45.4 Å². The smallest absolute Gasteiger partial charge is 0.407 e. The summed E-state index contributed by atoms with van der Waals surface area (Å²) in [6, 6.07) is 0. The summed E-state index contributed by atoms with van der Waals surface area (Å²) in [7, 11) is 0. The normalized spacial score (nSPS) is 14.0. The minimum absolute atomic E-state index is 0.129. The first kappa shape index (κ1) is 21.2. The summed E-state index contributed by atoms with van der Waals surface area (Å²) < 4.78 is 5.27. The second-order valence-electron chi connectivity index (χ2n) is 7.41. The van der Waals surface area contributed by atoms with Crippen LogP contribution >= 0.6 is 0 Å². The Labute approximate surface area is 136 Å². The molecule has 0 aromatic carbocycles. The van der Waals surface area contributed by atoms with Crippen molar-refractivity contribution in [3.05, 3.63) is 0 Å². The molecule has 0 aliphatic carbocycles. The van der Waals surface area contributed by atoms with Crippen molar-refractivity contribution >= 4 is 6.09 Å². The highest BCUT2D eigenvalue weighted by atomic mass is 16.6. The average molecular weight is 316 g/mol. The lowest BCUT2D eigenvalue weighted by Crippen LogP contribution is -2.51. The Morgan fingerprint density at radius 3 is 2.05 bits per heavy atom. The second kappa shape index (κ2) is 9.36. The number of hydrogen-bond acceptors (Lipinski definition) is 4. The van der Waals surface area contributed by atoms with Crippen LogP contribution in [0.2, 0.25) is 0 Å². The van der Waals surface area contributed by atoms with Crippen LogP contribution in [-0.4, -0.2) is 42.0 Å². The van der Waals surface area contributed by atoms with Crippen LogP contribution in [0.3, 0.4) is 0 Å². The molecule has 0 saturated heterocycles. The van der Waals surface area contributed by atoms with Crippen LogP contribution in [0.5, 0.6) is 0 Å². The van der Waals surface area contributed by atoms with Crippen molar-refractivity contribution in [2.75, 3.05) is 19.7 Å². The molecule has 5 heteroatoms. The molecule has 0 heterocycles. The molecule has 0 radical (unpaired) electrons. The van der Waals surface area contributed by atoms with Crippen LogP contribution in [-0.2, 0) is 4.74 Å². The van der Waals surface area contributed by atoms with Crippen molar-refractivity contribution in [3.63, 3.8) is 0 Å². The molecule has 0 spiro atoms. The molecule has 0 aromatic rings. The van der Waals surface area contributed by atoms with Gasteiger partial charge in [-0.15, -0.1) is 0 Å². The molecule has 132 valence electrons. The van der Waals surface area contributed by atoms with Crippen LogP contribution in [0, 0.1) is 11.8 Å². The van der Waals surface area contributed by atoms with Gasteiger partial charge in [0.1, 0.15) is 5.60 Å². The molecule has 0 aromatic heterocycles. The summed E-state index contributed by atoms with van der Waals surface area (Å²) in [4.78, 5) is 11.8. The highest BCUT2D eigenvalue weighted by Gasteiger charge is 2.26.